The van der Waals surface area contributed by atoms with Gasteiger partial charge in [-0.2, -0.15) is 0 Å². The maximum absolute atomic E-state index is 11.8. The normalized spacial score (nSPS) is 10.4. The summed E-state index contributed by atoms with van der Waals surface area (Å²) in [4.78, 5) is 22.1. The molecule has 0 aromatic heterocycles. The number of carboxylic acids is 1. The van der Waals surface area contributed by atoms with Gasteiger partial charge in [-0.1, -0.05) is 12.1 Å². The molecule has 0 heterocycles. The fraction of sp³-hybridized carbons (Fsp3) is 0.467. The lowest BCUT2D eigenvalue weighted by molar-refractivity contribution is -0.133. The minimum atomic E-state index is -0.840. The third-order valence-corrected chi connectivity index (χ3v) is 3.37. The molecule has 0 fully saturated rings. The van der Waals surface area contributed by atoms with Gasteiger partial charge in [0.25, 0.3) is 0 Å². The molecule has 0 saturated heterocycles. The van der Waals surface area contributed by atoms with E-state index in [-0.39, 0.29) is 17.8 Å². The molecule has 6 heteroatoms. The van der Waals surface area contributed by atoms with Gasteiger partial charge >= 0.3 is 5.97 Å². The van der Waals surface area contributed by atoms with Gasteiger partial charge in [0, 0.05) is 12.3 Å². The van der Waals surface area contributed by atoms with E-state index in [9.17, 15) is 9.59 Å². The molecule has 0 saturated carbocycles. The lowest BCUT2D eigenvalue weighted by Gasteiger charge is -2.11. The van der Waals surface area contributed by atoms with Crippen LogP contribution >= 0.6 is 11.8 Å². The third-order valence-electron chi connectivity index (χ3n) is 2.43. The van der Waals surface area contributed by atoms with Crippen molar-refractivity contribution in [3.8, 4) is 5.75 Å². The van der Waals surface area contributed by atoms with Gasteiger partial charge in [0.2, 0.25) is 5.91 Å². The number of amides is 1. The van der Waals surface area contributed by atoms with Crippen molar-refractivity contribution in [3.05, 3.63) is 29.8 Å². The van der Waals surface area contributed by atoms with E-state index in [0.717, 1.165) is 11.3 Å². The first kappa shape index (κ1) is 17.4. The second-order valence-corrected chi connectivity index (χ2v) is 5.89. The number of ether oxygens (including phenoxy) is 1. The zero-order chi connectivity index (χ0) is 15.7. The summed E-state index contributed by atoms with van der Waals surface area (Å²) in [6.07, 6.45) is 0.388. The Morgan fingerprint density at radius 1 is 1.38 bits per heavy atom. The summed E-state index contributed by atoms with van der Waals surface area (Å²) in [5, 5.41) is 11.3. The first-order valence-electron chi connectivity index (χ1n) is 6.79. The van der Waals surface area contributed by atoms with E-state index < -0.39 is 5.97 Å². The Bertz CT molecular complexity index is 476. The molecule has 0 aliphatic carbocycles. The van der Waals surface area contributed by atoms with Crippen LogP contribution < -0.4 is 10.1 Å². The van der Waals surface area contributed by atoms with Crippen molar-refractivity contribution in [2.24, 2.45) is 0 Å². The van der Waals surface area contributed by atoms with Gasteiger partial charge in [-0.25, -0.2) is 0 Å². The van der Waals surface area contributed by atoms with E-state index in [4.69, 9.17) is 9.84 Å². The van der Waals surface area contributed by atoms with Gasteiger partial charge in [-0.15, -0.1) is 11.8 Å². The molecule has 1 amide bonds. The van der Waals surface area contributed by atoms with Crippen molar-refractivity contribution in [2.75, 3.05) is 18.1 Å². The molecular formula is C15H21NO4S. The maximum atomic E-state index is 11.8. The van der Waals surface area contributed by atoms with Crippen molar-refractivity contribution in [1.29, 1.82) is 0 Å². The van der Waals surface area contributed by atoms with E-state index in [1.165, 1.54) is 11.8 Å². The molecule has 0 spiro atoms. The van der Waals surface area contributed by atoms with E-state index >= 15 is 0 Å². The number of rotatable bonds is 9. The van der Waals surface area contributed by atoms with Gasteiger partial charge in [0.05, 0.1) is 18.3 Å². The Hall–Kier alpha value is -1.69. The molecule has 116 valence electrons. The molecule has 0 aliphatic heterocycles. The Balaban J connectivity index is 2.32. The van der Waals surface area contributed by atoms with E-state index in [2.05, 4.69) is 5.32 Å². The van der Waals surface area contributed by atoms with Crippen LogP contribution in [-0.4, -0.2) is 41.1 Å². The first-order chi connectivity index (χ1) is 9.97. The average Bonchev–Trinajstić information content (AvgIpc) is 2.37. The molecule has 0 atom stereocenters. The molecule has 2 N–H and O–H groups in total. The van der Waals surface area contributed by atoms with Crippen LogP contribution in [0.4, 0.5) is 0 Å². The Morgan fingerprint density at radius 2 is 2.14 bits per heavy atom. The van der Waals surface area contributed by atoms with Crippen LogP contribution in [0.5, 0.6) is 5.75 Å². The highest BCUT2D eigenvalue weighted by atomic mass is 32.2. The van der Waals surface area contributed by atoms with Crippen molar-refractivity contribution in [3.63, 3.8) is 0 Å². The van der Waals surface area contributed by atoms with Gasteiger partial charge in [-0.05, 0) is 31.5 Å². The van der Waals surface area contributed by atoms with Crippen LogP contribution in [0.1, 0.15) is 19.4 Å². The Kier molecular flexibility index (Phi) is 7.68. The maximum Gasteiger partial charge on any atom is 0.313 e. The second kappa shape index (κ2) is 9.28. The first-order valence-corrected chi connectivity index (χ1v) is 7.94. The zero-order valence-corrected chi connectivity index (χ0v) is 13.1. The summed E-state index contributed by atoms with van der Waals surface area (Å²) in [6, 6.07) is 7.47. The summed E-state index contributed by atoms with van der Waals surface area (Å²) < 4.78 is 5.58. The smallest absolute Gasteiger partial charge is 0.313 e. The third kappa shape index (κ3) is 8.24. The fourth-order valence-corrected chi connectivity index (χ4v) is 2.24. The second-order valence-electron chi connectivity index (χ2n) is 4.79. The highest BCUT2D eigenvalue weighted by molar-refractivity contribution is 7.99. The van der Waals surface area contributed by atoms with Crippen LogP contribution in [0.2, 0.25) is 0 Å². The van der Waals surface area contributed by atoms with Crippen LogP contribution in [-0.2, 0) is 16.0 Å². The number of carboxylic acid groups (broad SMARTS) is 1. The molecule has 0 bridgehead atoms. The highest BCUT2D eigenvalue weighted by Crippen LogP contribution is 2.15. The fourth-order valence-electron chi connectivity index (χ4n) is 1.67. The molecule has 5 nitrogen and oxygen atoms in total. The molecule has 0 aliphatic rings. The Labute approximate surface area is 129 Å². The van der Waals surface area contributed by atoms with E-state index in [1.807, 2.05) is 38.1 Å². The summed E-state index contributed by atoms with van der Waals surface area (Å²) in [5.41, 5.74) is 0.892. The Morgan fingerprint density at radius 3 is 2.81 bits per heavy atom. The quantitative estimate of drug-likeness (QED) is 0.682. The van der Waals surface area contributed by atoms with Gasteiger partial charge in [0.1, 0.15) is 5.75 Å². The van der Waals surface area contributed by atoms with Crippen LogP contribution in [0, 0.1) is 0 Å². The average molecular weight is 311 g/mol. The number of carbonyl (C=O) groups is 2. The number of aliphatic carboxylic acids is 1. The number of thioether (sulfide) groups is 1. The summed E-state index contributed by atoms with van der Waals surface area (Å²) in [5.74, 6) is 0.493. The van der Waals surface area contributed by atoms with Crippen LogP contribution in [0.3, 0.4) is 0 Å². The summed E-state index contributed by atoms with van der Waals surface area (Å²) in [7, 11) is 0. The van der Waals surface area contributed by atoms with Crippen molar-refractivity contribution >= 4 is 23.6 Å². The zero-order valence-electron chi connectivity index (χ0n) is 12.3. The van der Waals surface area contributed by atoms with E-state index in [0.29, 0.717) is 18.7 Å². The predicted octanol–water partition coefficient (Wildman–Crippen LogP) is 1.95. The van der Waals surface area contributed by atoms with E-state index in [1.54, 1.807) is 0 Å². The van der Waals surface area contributed by atoms with Gasteiger partial charge in [-0.3, -0.25) is 9.59 Å². The predicted molar refractivity (Wildman–Crippen MR) is 83.9 cm³/mol. The van der Waals surface area contributed by atoms with Gasteiger partial charge < -0.3 is 15.2 Å². The molecule has 0 unspecified atom stereocenters. The molecule has 1 aromatic carbocycles. The highest BCUT2D eigenvalue weighted by Gasteiger charge is 2.05. The molecule has 0 radical (unpaired) electrons. The molecule has 1 aromatic rings. The lowest BCUT2D eigenvalue weighted by atomic mass is 10.1. The number of hydrogen-bond acceptors (Lipinski definition) is 4. The van der Waals surface area contributed by atoms with Gasteiger partial charge in [0.15, 0.2) is 0 Å². The largest absolute Gasteiger partial charge is 0.491 e. The number of benzene rings is 1. The molecular weight excluding hydrogens is 290 g/mol. The lowest BCUT2D eigenvalue weighted by Crippen LogP contribution is -2.27. The molecule has 1 rings (SSSR count). The van der Waals surface area contributed by atoms with Crippen molar-refractivity contribution < 1.29 is 19.4 Å². The standard InChI is InChI=1S/C15H21NO4S/c1-11(2)20-13-5-3-4-12(8-13)9-14(17)16-6-7-21-10-15(18)19/h3-5,8,11H,6-7,9-10H2,1-2H3,(H,16,17)(H,18,19). The monoisotopic (exact) mass is 311 g/mol. The van der Waals surface area contributed by atoms with Crippen LogP contribution in [0.25, 0.3) is 0 Å². The van der Waals surface area contributed by atoms with Crippen molar-refractivity contribution in [2.45, 2.75) is 26.4 Å². The van der Waals surface area contributed by atoms with Crippen molar-refractivity contribution in [1.82, 2.24) is 5.32 Å². The topological polar surface area (TPSA) is 75.6 Å². The number of nitrogens with one attached hydrogen (secondary N) is 1. The minimum absolute atomic E-state index is 0.0600. The summed E-state index contributed by atoms with van der Waals surface area (Å²) in [6.45, 7) is 4.38. The van der Waals surface area contributed by atoms with Crippen LogP contribution in [0.15, 0.2) is 24.3 Å². The number of hydrogen-bond donors (Lipinski definition) is 2. The summed E-state index contributed by atoms with van der Waals surface area (Å²) >= 11 is 1.28. The SMILES string of the molecule is CC(C)Oc1cccc(CC(=O)NCCSCC(=O)O)c1. The molecule has 21 heavy (non-hydrogen) atoms. The number of carbonyl (C=O) groups excluding carboxylic acids is 1. The minimum Gasteiger partial charge on any atom is -0.491 e.